The molecule has 0 saturated heterocycles. The summed E-state index contributed by atoms with van der Waals surface area (Å²) < 4.78 is 16.9. The van der Waals surface area contributed by atoms with Crippen molar-refractivity contribution in [2.24, 2.45) is 0 Å². The summed E-state index contributed by atoms with van der Waals surface area (Å²) in [5, 5.41) is 0. The number of carbonyl (C=O) groups excluding carboxylic acids is 3. The SMILES string of the molecule is CC/C=C\C/C=C\C/C=C\C/C=C\CCCCCCCCC(=O)OC(COC(=O)CCCCCCCCCC/C=C\C/C=C\C/C=C\CCCCCCC)COC(=O)CCCCCCCCCCCCCCC. The zero-order valence-corrected chi connectivity index (χ0v) is 48.1. The first-order valence-corrected chi connectivity index (χ1v) is 31.1. The standard InChI is InChI=1S/C67H116O6/c1-4-7-10-13-16-19-22-25-27-29-31-32-33-34-36-37-39-42-45-48-51-54-57-60-66(69)72-63-64(62-71-65(68)59-56-53-50-47-44-41-24-21-18-15-12-9-6-3)73-67(70)61-58-55-52-49-46-43-40-38-35-30-28-26-23-20-17-14-11-8-5-2/h8,11,17,20,22,25-26,28-29,31,33-35,38,64H,4-7,9-10,12-16,18-19,21,23-24,27,30,32,36-37,39-63H2,1-3H3/b11-8-,20-17-,25-22-,28-26-,31-29-,34-33-,38-35-. The van der Waals surface area contributed by atoms with Gasteiger partial charge < -0.3 is 14.2 Å². The third-order valence-electron chi connectivity index (χ3n) is 13.4. The van der Waals surface area contributed by atoms with Crippen LogP contribution in [0, 0.1) is 0 Å². The lowest BCUT2D eigenvalue weighted by atomic mass is 10.0. The Labute approximate surface area is 452 Å². The predicted octanol–water partition coefficient (Wildman–Crippen LogP) is 21.1. The largest absolute Gasteiger partial charge is 0.462 e. The second kappa shape index (κ2) is 61.1. The van der Waals surface area contributed by atoms with Gasteiger partial charge in [0, 0.05) is 19.3 Å². The molecule has 1 unspecified atom stereocenters. The molecule has 0 aromatic rings. The number of hydrogen-bond donors (Lipinski definition) is 0. The van der Waals surface area contributed by atoms with Crippen LogP contribution >= 0.6 is 0 Å². The summed E-state index contributed by atoms with van der Waals surface area (Å²) in [6.07, 6.45) is 80.0. The van der Waals surface area contributed by atoms with Crippen LogP contribution in [0.15, 0.2) is 85.1 Å². The van der Waals surface area contributed by atoms with Crippen LogP contribution in [0.5, 0.6) is 0 Å². The van der Waals surface area contributed by atoms with E-state index in [2.05, 4.69) is 106 Å². The second-order valence-electron chi connectivity index (χ2n) is 20.6. The minimum atomic E-state index is -0.787. The molecule has 0 aromatic carbocycles. The molecule has 6 heteroatoms. The average Bonchev–Trinajstić information content (AvgIpc) is 3.39. The second-order valence-corrected chi connectivity index (χ2v) is 20.6. The molecular formula is C67H116O6. The van der Waals surface area contributed by atoms with E-state index in [9.17, 15) is 14.4 Å². The summed E-state index contributed by atoms with van der Waals surface area (Å²) in [6, 6.07) is 0. The molecular weight excluding hydrogens is 901 g/mol. The molecule has 0 aliphatic rings. The molecule has 420 valence electrons. The first-order valence-electron chi connectivity index (χ1n) is 31.1. The minimum Gasteiger partial charge on any atom is -0.462 e. The third-order valence-corrected chi connectivity index (χ3v) is 13.4. The summed E-state index contributed by atoms with van der Waals surface area (Å²) in [5.74, 6) is -0.893. The third kappa shape index (κ3) is 59.3. The molecule has 0 bridgehead atoms. The molecule has 0 fully saturated rings. The molecule has 0 heterocycles. The Bertz CT molecular complexity index is 1400. The Morgan fingerprint density at radius 1 is 0.288 bits per heavy atom. The zero-order valence-electron chi connectivity index (χ0n) is 48.1. The Hall–Kier alpha value is -3.41. The number of ether oxygens (including phenoxy) is 3. The number of rotatable bonds is 56. The first-order chi connectivity index (χ1) is 36.0. The Morgan fingerprint density at radius 3 is 0.836 bits per heavy atom. The van der Waals surface area contributed by atoms with Crippen molar-refractivity contribution in [2.75, 3.05) is 13.2 Å². The maximum atomic E-state index is 12.9. The summed E-state index contributed by atoms with van der Waals surface area (Å²) >= 11 is 0. The monoisotopic (exact) mass is 1020 g/mol. The lowest BCUT2D eigenvalue weighted by Crippen LogP contribution is -2.30. The fourth-order valence-corrected chi connectivity index (χ4v) is 8.74. The number of unbranched alkanes of at least 4 members (excludes halogenated alkanes) is 31. The molecule has 0 spiro atoms. The van der Waals surface area contributed by atoms with Gasteiger partial charge in [-0.2, -0.15) is 0 Å². The van der Waals surface area contributed by atoms with Crippen LogP contribution in [0.1, 0.15) is 303 Å². The van der Waals surface area contributed by atoms with Crippen molar-refractivity contribution >= 4 is 17.9 Å². The highest BCUT2D eigenvalue weighted by Gasteiger charge is 2.19. The fraction of sp³-hybridized carbons (Fsp3) is 0.746. The van der Waals surface area contributed by atoms with E-state index in [1.165, 1.54) is 148 Å². The molecule has 73 heavy (non-hydrogen) atoms. The van der Waals surface area contributed by atoms with E-state index in [4.69, 9.17) is 14.2 Å². The quantitative estimate of drug-likeness (QED) is 0.0261. The molecule has 0 aromatic heterocycles. The van der Waals surface area contributed by atoms with Crippen LogP contribution in [-0.2, 0) is 28.6 Å². The molecule has 0 rings (SSSR count). The summed E-state index contributed by atoms with van der Waals surface area (Å²) in [5.41, 5.74) is 0. The maximum Gasteiger partial charge on any atom is 0.306 e. The van der Waals surface area contributed by atoms with E-state index >= 15 is 0 Å². The Kier molecular flexibility index (Phi) is 58.3. The fourth-order valence-electron chi connectivity index (χ4n) is 8.74. The predicted molar refractivity (Wildman–Crippen MR) is 316 cm³/mol. The van der Waals surface area contributed by atoms with Gasteiger partial charge in [0.15, 0.2) is 6.10 Å². The van der Waals surface area contributed by atoms with Gasteiger partial charge in [0.2, 0.25) is 0 Å². The minimum absolute atomic E-state index is 0.0827. The highest BCUT2D eigenvalue weighted by Crippen LogP contribution is 2.16. The average molecular weight is 1020 g/mol. The van der Waals surface area contributed by atoms with Gasteiger partial charge in [0.05, 0.1) is 0 Å². The summed E-state index contributed by atoms with van der Waals surface area (Å²) in [6.45, 7) is 6.52. The van der Waals surface area contributed by atoms with Gasteiger partial charge in [-0.1, -0.05) is 273 Å². The number of allylic oxidation sites excluding steroid dienone is 14. The zero-order chi connectivity index (χ0) is 52.9. The van der Waals surface area contributed by atoms with Gasteiger partial charge in [-0.25, -0.2) is 0 Å². The summed E-state index contributed by atoms with van der Waals surface area (Å²) in [4.78, 5) is 38.3. The number of carbonyl (C=O) groups is 3. The van der Waals surface area contributed by atoms with Crippen LogP contribution in [0.25, 0.3) is 0 Å². The molecule has 0 saturated carbocycles. The van der Waals surface area contributed by atoms with Crippen molar-refractivity contribution in [3.05, 3.63) is 85.1 Å². The van der Waals surface area contributed by atoms with Crippen molar-refractivity contribution in [3.63, 3.8) is 0 Å². The highest BCUT2D eigenvalue weighted by molar-refractivity contribution is 5.71. The lowest BCUT2D eigenvalue weighted by molar-refractivity contribution is -0.167. The normalized spacial score (nSPS) is 12.6. The Balaban J connectivity index is 4.37. The van der Waals surface area contributed by atoms with Gasteiger partial charge >= 0.3 is 17.9 Å². The lowest BCUT2D eigenvalue weighted by Gasteiger charge is -2.18. The van der Waals surface area contributed by atoms with Gasteiger partial charge in [0.1, 0.15) is 13.2 Å². The molecule has 6 nitrogen and oxygen atoms in total. The van der Waals surface area contributed by atoms with Crippen molar-refractivity contribution in [1.82, 2.24) is 0 Å². The van der Waals surface area contributed by atoms with Crippen molar-refractivity contribution in [2.45, 2.75) is 309 Å². The van der Waals surface area contributed by atoms with Crippen LogP contribution < -0.4 is 0 Å². The van der Waals surface area contributed by atoms with E-state index < -0.39 is 6.10 Å². The molecule has 1 atom stereocenters. The van der Waals surface area contributed by atoms with Crippen molar-refractivity contribution in [1.29, 1.82) is 0 Å². The molecule has 0 aliphatic heterocycles. The van der Waals surface area contributed by atoms with Gasteiger partial charge in [-0.15, -0.1) is 0 Å². The van der Waals surface area contributed by atoms with E-state index in [1.54, 1.807) is 0 Å². The van der Waals surface area contributed by atoms with Crippen molar-refractivity contribution in [3.8, 4) is 0 Å². The van der Waals surface area contributed by atoms with Crippen LogP contribution in [0.4, 0.5) is 0 Å². The number of esters is 3. The topological polar surface area (TPSA) is 78.9 Å². The number of hydrogen-bond acceptors (Lipinski definition) is 6. The van der Waals surface area contributed by atoms with Crippen LogP contribution in [0.3, 0.4) is 0 Å². The molecule has 0 amide bonds. The maximum absolute atomic E-state index is 12.9. The molecule has 0 aliphatic carbocycles. The van der Waals surface area contributed by atoms with Crippen LogP contribution in [-0.4, -0.2) is 37.2 Å². The molecule has 0 N–H and O–H groups in total. The van der Waals surface area contributed by atoms with Crippen LogP contribution in [0.2, 0.25) is 0 Å². The summed E-state index contributed by atoms with van der Waals surface area (Å²) in [7, 11) is 0. The van der Waals surface area contributed by atoms with E-state index in [0.29, 0.717) is 19.3 Å². The van der Waals surface area contributed by atoms with E-state index in [1.807, 2.05) is 0 Å². The highest BCUT2D eigenvalue weighted by atomic mass is 16.6. The molecule has 0 radical (unpaired) electrons. The van der Waals surface area contributed by atoms with Gasteiger partial charge in [0.25, 0.3) is 0 Å². The van der Waals surface area contributed by atoms with Gasteiger partial charge in [-0.3, -0.25) is 14.4 Å². The van der Waals surface area contributed by atoms with E-state index in [-0.39, 0.29) is 31.1 Å². The van der Waals surface area contributed by atoms with Crippen molar-refractivity contribution < 1.29 is 28.6 Å². The Morgan fingerprint density at radius 2 is 0.534 bits per heavy atom. The smallest absolute Gasteiger partial charge is 0.306 e. The first kappa shape index (κ1) is 69.6. The van der Waals surface area contributed by atoms with E-state index in [0.717, 1.165) is 116 Å². The van der Waals surface area contributed by atoms with Gasteiger partial charge in [-0.05, 0) is 96.3 Å².